The fourth-order valence-electron chi connectivity index (χ4n) is 1.48. The molecule has 3 nitrogen and oxygen atoms in total. The van der Waals surface area contributed by atoms with Crippen LogP contribution >= 0.6 is 0 Å². The average molecular weight is 253 g/mol. The molecule has 0 aliphatic rings. The van der Waals surface area contributed by atoms with Gasteiger partial charge >= 0.3 is 0 Å². The Morgan fingerprint density at radius 2 is 2.00 bits per heavy atom. The zero-order valence-corrected chi connectivity index (χ0v) is 10.7. The molecule has 1 rings (SSSR count). The van der Waals surface area contributed by atoms with Gasteiger partial charge in [0.2, 0.25) is 5.91 Å². The van der Waals surface area contributed by atoms with Crippen LogP contribution in [0.1, 0.15) is 32.6 Å². The minimum Gasteiger partial charge on any atom is -0.493 e. The predicted molar refractivity (Wildman–Crippen MR) is 69.0 cm³/mol. The Kier molecular flexibility index (Phi) is 6.84. The summed E-state index contributed by atoms with van der Waals surface area (Å²) >= 11 is 0. The van der Waals surface area contributed by atoms with Crippen molar-refractivity contribution in [2.75, 3.05) is 13.2 Å². The number of ether oxygens (including phenoxy) is 1. The smallest absolute Gasteiger partial charge is 0.223 e. The highest BCUT2D eigenvalue weighted by Crippen LogP contribution is 2.10. The molecule has 1 aromatic rings. The van der Waals surface area contributed by atoms with Gasteiger partial charge in [0.1, 0.15) is 11.6 Å². The van der Waals surface area contributed by atoms with Crippen LogP contribution in [0.3, 0.4) is 0 Å². The van der Waals surface area contributed by atoms with Crippen molar-refractivity contribution in [2.24, 2.45) is 0 Å². The topological polar surface area (TPSA) is 38.3 Å². The van der Waals surface area contributed by atoms with Crippen LogP contribution < -0.4 is 10.1 Å². The molecular weight excluding hydrogens is 233 g/mol. The van der Waals surface area contributed by atoms with Crippen LogP contribution in [-0.4, -0.2) is 19.1 Å². The van der Waals surface area contributed by atoms with E-state index in [1.807, 2.05) is 0 Å². The van der Waals surface area contributed by atoms with Crippen LogP contribution in [0, 0.1) is 5.82 Å². The lowest BCUT2D eigenvalue weighted by atomic mass is 10.2. The van der Waals surface area contributed by atoms with Gasteiger partial charge in [-0.3, -0.25) is 4.79 Å². The number of halogens is 1. The fourth-order valence-corrected chi connectivity index (χ4v) is 1.48. The summed E-state index contributed by atoms with van der Waals surface area (Å²) in [7, 11) is 0. The molecule has 0 aromatic heterocycles. The van der Waals surface area contributed by atoms with Gasteiger partial charge in [0, 0.05) is 6.54 Å². The second-order valence-electron chi connectivity index (χ2n) is 4.11. The van der Waals surface area contributed by atoms with E-state index in [-0.39, 0.29) is 11.7 Å². The SMILES string of the molecule is CCCCCNC(=O)CCOc1ccc(F)cc1. The number of unbranched alkanes of at least 4 members (excludes halogenated alkanes) is 2. The molecule has 0 saturated heterocycles. The highest BCUT2D eigenvalue weighted by atomic mass is 19.1. The van der Waals surface area contributed by atoms with E-state index in [0.29, 0.717) is 18.8 Å². The minimum absolute atomic E-state index is 0.00628. The molecule has 1 N–H and O–H groups in total. The molecule has 0 saturated carbocycles. The van der Waals surface area contributed by atoms with E-state index in [2.05, 4.69) is 12.2 Å². The first kappa shape index (κ1) is 14.5. The Balaban J connectivity index is 2.10. The molecule has 0 spiro atoms. The predicted octanol–water partition coefficient (Wildman–Crippen LogP) is 2.90. The number of hydrogen-bond donors (Lipinski definition) is 1. The Labute approximate surface area is 107 Å². The minimum atomic E-state index is -0.295. The summed E-state index contributed by atoms with van der Waals surface area (Å²) in [4.78, 5) is 11.4. The summed E-state index contributed by atoms with van der Waals surface area (Å²) < 4.78 is 18.0. The van der Waals surface area contributed by atoms with Gasteiger partial charge in [0.25, 0.3) is 0 Å². The maximum atomic E-state index is 12.6. The van der Waals surface area contributed by atoms with E-state index < -0.39 is 0 Å². The maximum absolute atomic E-state index is 12.6. The third-order valence-electron chi connectivity index (χ3n) is 2.51. The first-order valence-corrected chi connectivity index (χ1v) is 6.37. The molecule has 0 unspecified atom stereocenters. The van der Waals surface area contributed by atoms with Gasteiger partial charge in [-0.1, -0.05) is 19.8 Å². The Bertz CT molecular complexity index is 351. The van der Waals surface area contributed by atoms with Crippen LogP contribution in [0.5, 0.6) is 5.75 Å². The highest BCUT2D eigenvalue weighted by Gasteiger charge is 2.01. The van der Waals surface area contributed by atoms with Gasteiger partial charge < -0.3 is 10.1 Å². The zero-order valence-electron chi connectivity index (χ0n) is 10.7. The van der Waals surface area contributed by atoms with Crippen LogP contribution in [0.2, 0.25) is 0 Å². The van der Waals surface area contributed by atoms with E-state index >= 15 is 0 Å². The molecule has 4 heteroatoms. The summed E-state index contributed by atoms with van der Waals surface area (Å²) in [5, 5.41) is 2.83. The monoisotopic (exact) mass is 253 g/mol. The average Bonchev–Trinajstić information content (AvgIpc) is 2.37. The van der Waals surface area contributed by atoms with E-state index in [1.54, 1.807) is 12.1 Å². The molecule has 1 aromatic carbocycles. The first-order chi connectivity index (χ1) is 8.72. The molecule has 0 bridgehead atoms. The lowest BCUT2D eigenvalue weighted by Gasteiger charge is -2.07. The van der Waals surface area contributed by atoms with Crippen molar-refractivity contribution in [1.29, 1.82) is 0 Å². The van der Waals surface area contributed by atoms with Gasteiger partial charge in [0.05, 0.1) is 13.0 Å². The summed E-state index contributed by atoms with van der Waals surface area (Å²) in [5.41, 5.74) is 0. The Morgan fingerprint density at radius 1 is 1.28 bits per heavy atom. The van der Waals surface area contributed by atoms with Crippen molar-refractivity contribution >= 4 is 5.91 Å². The van der Waals surface area contributed by atoms with Crippen LogP contribution in [0.25, 0.3) is 0 Å². The van der Waals surface area contributed by atoms with E-state index in [0.717, 1.165) is 25.8 Å². The van der Waals surface area contributed by atoms with Crippen molar-refractivity contribution in [1.82, 2.24) is 5.32 Å². The molecule has 18 heavy (non-hydrogen) atoms. The van der Waals surface area contributed by atoms with Gasteiger partial charge in [-0.25, -0.2) is 4.39 Å². The number of nitrogens with one attached hydrogen (secondary N) is 1. The lowest BCUT2D eigenvalue weighted by molar-refractivity contribution is -0.121. The number of carbonyl (C=O) groups excluding carboxylic acids is 1. The third kappa shape index (κ3) is 6.23. The summed E-state index contributed by atoms with van der Waals surface area (Å²) in [6.45, 7) is 3.16. The quantitative estimate of drug-likeness (QED) is 0.723. The third-order valence-corrected chi connectivity index (χ3v) is 2.51. The Morgan fingerprint density at radius 3 is 2.67 bits per heavy atom. The second-order valence-corrected chi connectivity index (χ2v) is 4.11. The van der Waals surface area contributed by atoms with Crippen LogP contribution in [0.15, 0.2) is 24.3 Å². The molecule has 0 radical (unpaired) electrons. The van der Waals surface area contributed by atoms with Gasteiger partial charge in [-0.2, -0.15) is 0 Å². The zero-order chi connectivity index (χ0) is 13.2. The van der Waals surface area contributed by atoms with Gasteiger partial charge in [0.15, 0.2) is 0 Å². The number of carbonyl (C=O) groups is 1. The van der Waals surface area contributed by atoms with Crippen molar-refractivity contribution in [2.45, 2.75) is 32.6 Å². The number of hydrogen-bond acceptors (Lipinski definition) is 2. The van der Waals surface area contributed by atoms with E-state index in [1.165, 1.54) is 12.1 Å². The first-order valence-electron chi connectivity index (χ1n) is 6.37. The van der Waals surface area contributed by atoms with E-state index in [4.69, 9.17) is 4.74 Å². The molecule has 0 heterocycles. The number of benzene rings is 1. The van der Waals surface area contributed by atoms with Crippen molar-refractivity contribution < 1.29 is 13.9 Å². The highest BCUT2D eigenvalue weighted by molar-refractivity contribution is 5.75. The standard InChI is InChI=1S/C14H20FNO2/c1-2-3-4-10-16-14(17)9-11-18-13-7-5-12(15)6-8-13/h5-8H,2-4,9-11H2,1H3,(H,16,17). The van der Waals surface area contributed by atoms with Gasteiger partial charge in [-0.15, -0.1) is 0 Å². The molecule has 0 fully saturated rings. The molecule has 0 aliphatic carbocycles. The van der Waals surface area contributed by atoms with Crippen LogP contribution in [-0.2, 0) is 4.79 Å². The maximum Gasteiger partial charge on any atom is 0.223 e. The van der Waals surface area contributed by atoms with Crippen LogP contribution in [0.4, 0.5) is 4.39 Å². The summed E-state index contributed by atoms with van der Waals surface area (Å²) in [6, 6.07) is 5.77. The molecule has 0 aliphatic heterocycles. The van der Waals surface area contributed by atoms with Crippen molar-refractivity contribution in [3.8, 4) is 5.75 Å². The lowest BCUT2D eigenvalue weighted by Crippen LogP contribution is -2.25. The normalized spacial score (nSPS) is 10.1. The number of amides is 1. The molecule has 100 valence electrons. The fraction of sp³-hybridized carbons (Fsp3) is 0.500. The summed E-state index contributed by atoms with van der Waals surface area (Å²) in [5.74, 6) is 0.277. The number of rotatable bonds is 8. The largest absolute Gasteiger partial charge is 0.493 e. The second kappa shape index (κ2) is 8.50. The summed E-state index contributed by atoms with van der Waals surface area (Å²) in [6.07, 6.45) is 3.61. The van der Waals surface area contributed by atoms with E-state index in [9.17, 15) is 9.18 Å². The molecule has 0 atom stereocenters. The van der Waals surface area contributed by atoms with Crippen molar-refractivity contribution in [3.05, 3.63) is 30.1 Å². The molecular formula is C14H20FNO2. The molecule has 1 amide bonds. The van der Waals surface area contributed by atoms with Gasteiger partial charge in [-0.05, 0) is 30.7 Å². The Hall–Kier alpha value is -1.58. The van der Waals surface area contributed by atoms with Crippen molar-refractivity contribution in [3.63, 3.8) is 0 Å².